The van der Waals surface area contributed by atoms with Gasteiger partial charge in [-0.15, -0.1) is 0 Å². The van der Waals surface area contributed by atoms with Crippen LogP contribution in [0, 0.1) is 5.92 Å². The summed E-state index contributed by atoms with van der Waals surface area (Å²) in [6.45, 7) is -0.0540. The maximum absolute atomic E-state index is 13.5. The molecule has 2 unspecified atom stereocenters. The third-order valence-electron chi connectivity index (χ3n) is 7.18. The fourth-order valence-corrected chi connectivity index (χ4v) is 5.34. The molecule has 3 aromatic carbocycles. The van der Waals surface area contributed by atoms with E-state index < -0.39 is 6.10 Å². The highest BCUT2D eigenvalue weighted by Crippen LogP contribution is 2.42. The molecule has 4 nitrogen and oxygen atoms in total. The lowest BCUT2D eigenvalue weighted by atomic mass is 9.89. The fourth-order valence-electron chi connectivity index (χ4n) is 5.34. The van der Waals surface area contributed by atoms with Crippen LogP contribution in [0.5, 0.6) is 0 Å². The summed E-state index contributed by atoms with van der Waals surface area (Å²) in [5.41, 5.74) is 8.50. The first kappa shape index (κ1) is 21.9. The second kappa shape index (κ2) is 9.50. The summed E-state index contributed by atoms with van der Waals surface area (Å²) in [5.74, 6) is -0.312. The van der Waals surface area contributed by atoms with Gasteiger partial charge in [-0.3, -0.25) is 4.79 Å². The van der Waals surface area contributed by atoms with Crippen LogP contribution >= 0.6 is 0 Å². The Hall–Kier alpha value is -2.95. The van der Waals surface area contributed by atoms with Crippen molar-refractivity contribution in [3.8, 4) is 0 Å². The predicted octanol–water partition coefficient (Wildman–Crippen LogP) is 4.04. The molecule has 3 atom stereocenters. The van der Waals surface area contributed by atoms with Crippen LogP contribution < -0.4 is 5.32 Å². The van der Waals surface area contributed by atoms with E-state index in [1.807, 2.05) is 54.6 Å². The molecular formula is C29H31NO3. The average Bonchev–Trinajstić information content (AvgIpc) is 3.52. The zero-order chi connectivity index (χ0) is 22.8. The SMILES string of the molecule is O=C(N[C@@H]1CCc2c1ccc1c2C1)C(Cc1ccccc1)CC(O)Cc1ccccc1CO. The number of aliphatic hydroxyl groups is 2. The van der Waals surface area contributed by atoms with E-state index in [1.54, 1.807) is 0 Å². The molecule has 0 radical (unpaired) electrons. The lowest BCUT2D eigenvalue weighted by Gasteiger charge is -2.23. The molecule has 4 heteroatoms. The summed E-state index contributed by atoms with van der Waals surface area (Å²) >= 11 is 0. The molecule has 0 saturated carbocycles. The molecule has 3 N–H and O–H groups in total. The summed E-state index contributed by atoms with van der Waals surface area (Å²) in [5, 5.41) is 23.8. The lowest BCUT2D eigenvalue weighted by Crippen LogP contribution is -2.36. The molecule has 33 heavy (non-hydrogen) atoms. The Morgan fingerprint density at radius 3 is 2.48 bits per heavy atom. The van der Waals surface area contributed by atoms with Crippen molar-refractivity contribution in [2.45, 2.75) is 57.3 Å². The number of aliphatic hydroxyl groups excluding tert-OH is 2. The highest BCUT2D eigenvalue weighted by molar-refractivity contribution is 5.80. The van der Waals surface area contributed by atoms with Crippen molar-refractivity contribution >= 4 is 5.91 Å². The van der Waals surface area contributed by atoms with Crippen molar-refractivity contribution in [1.82, 2.24) is 5.32 Å². The summed E-state index contributed by atoms with van der Waals surface area (Å²) in [4.78, 5) is 13.5. The first-order valence-electron chi connectivity index (χ1n) is 12.0. The lowest BCUT2D eigenvalue weighted by molar-refractivity contribution is -0.126. The Kier molecular flexibility index (Phi) is 6.30. The van der Waals surface area contributed by atoms with E-state index in [1.165, 1.54) is 22.3 Å². The molecule has 0 heterocycles. The topological polar surface area (TPSA) is 69.6 Å². The molecule has 0 saturated heterocycles. The van der Waals surface area contributed by atoms with Crippen LogP contribution in [0.25, 0.3) is 0 Å². The molecule has 2 aliphatic rings. The van der Waals surface area contributed by atoms with Crippen LogP contribution in [0.3, 0.4) is 0 Å². The second-order valence-electron chi connectivity index (χ2n) is 9.45. The van der Waals surface area contributed by atoms with E-state index in [-0.39, 0.29) is 24.5 Å². The van der Waals surface area contributed by atoms with Gasteiger partial charge in [0, 0.05) is 5.92 Å². The monoisotopic (exact) mass is 441 g/mol. The van der Waals surface area contributed by atoms with Gasteiger partial charge in [0.05, 0.1) is 18.8 Å². The first-order valence-corrected chi connectivity index (χ1v) is 12.0. The van der Waals surface area contributed by atoms with Crippen LogP contribution in [0.2, 0.25) is 0 Å². The molecule has 0 spiro atoms. The largest absolute Gasteiger partial charge is 0.393 e. The van der Waals surface area contributed by atoms with Crippen LogP contribution in [0.1, 0.15) is 57.8 Å². The number of carbonyl (C=O) groups excluding carboxylic acids is 1. The van der Waals surface area contributed by atoms with E-state index in [9.17, 15) is 15.0 Å². The Bertz CT molecular complexity index is 1140. The summed E-state index contributed by atoms with van der Waals surface area (Å²) in [6, 6.07) is 22.1. The maximum atomic E-state index is 13.5. The van der Waals surface area contributed by atoms with E-state index in [2.05, 4.69) is 17.4 Å². The zero-order valence-corrected chi connectivity index (χ0v) is 18.8. The number of rotatable bonds is 9. The molecule has 5 rings (SSSR count). The molecule has 0 aromatic heterocycles. The highest BCUT2D eigenvalue weighted by atomic mass is 16.3. The van der Waals surface area contributed by atoms with Crippen molar-refractivity contribution in [1.29, 1.82) is 0 Å². The van der Waals surface area contributed by atoms with E-state index in [0.717, 1.165) is 36.0 Å². The number of hydrogen-bond acceptors (Lipinski definition) is 3. The number of hydrogen-bond donors (Lipinski definition) is 3. The van der Waals surface area contributed by atoms with Gasteiger partial charge < -0.3 is 15.5 Å². The normalized spacial score (nSPS) is 17.7. The minimum atomic E-state index is -0.663. The standard InChI is InChI=1S/C29H31NO3/c31-18-22-9-5-4-8-20(22)15-24(32)16-23(14-19-6-2-1-3-7-19)29(33)30-28-13-12-25-26(28)11-10-21-17-27(21)25/h1-11,23-24,28,31-32H,12-18H2,(H,30,33)/t23?,24?,28-/m1/s1. The van der Waals surface area contributed by atoms with Crippen molar-refractivity contribution in [3.63, 3.8) is 0 Å². The van der Waals surface area contributed by atoms with Gasteiger partial charge in [-0.25, -0.2) is 0 Å². The van der Waals surface area contributed by atoms with E-state index >= 15 is 0 Å². The van der Waals surface area contributed by atoms with Crippen LogP contribution in [-0.4, -0.2) is 22.2 Å². The predicted molar refractivity (Wildman–Crippen MR) is 129 cm³/mol. The molecule has 1 amide bonds. The quantitative estimate of drug-likeness (QED) is 0.367. The Morgan fingerprint density at radius 2 is 1.70 bits per heavy atom. The van der Waals surface area contributed by atoms with E-state index in [4.69, 9.17) is 0 Å². The van der Waals surface area contributed by atoms with Gasteiger partial charge in [-0.2, -0.15) is 0 Å². The molecule has 0 bridgehead atoms. The maximum Gasteiger partial charge on any atom is 0.224 e. The van der Waals surface area contributed by atoms with Crippen molar-refractivity contribution in [3.05, 3.63) is 106 Å². The minimum Gasteiger partial charge on any atom is -0.393 e. The third-order valence-corrected chi connectivity index (χ3v) is 7.18. The highest BCUT2D eigenvalue weighted by Gasteiger charge is 2.33. The van der Waals surface area contributed by atoms with Gasteiger partial charge >= 0.3 is 0 Å². The molecule has 0 fully saturated rings. The zero-order valence-electron chi connectivity index (χ0n) is 18.8. The van der Waals surface area contributed by atoms with Crippen molar-refractivity contribution in [2.24, 2.45) is 5.92 Å². The second-order valence-corrected chi connectivity index (χ2v) is 9.45. The average molecular weight is 442 g/mol. The number of fused-ring (bicyclic) bond motifs is 3. The Balaban J connectivity index is 1.30. The number of carbonyl (C=O) groups is 1. The number of nitrogens with one attached hydrogen (secondary N) is 1. The number of amides is 1. The van der Waals surface area contributed by atoms with E-state index in [0.29, 0.717) is 19.3 Å². The first-order chi connectivity index (χ1) is 16.1. The Morgan fingerprint density at radius 1 is 0.939 bits per heavy atom. The molecule has 3 aromatic rings. The van der Waals surface area contributed by atoms with Crippen LogP contribution in [-0.2, 0) is 37.1 Å². The smallest absolute Gasteiger partial charge is 0.224 e. The summed E-state index contributed by atoms with van der Waals surface area (Å²) < 4.78 is 0. The fraction of sp³-hybridized carbons (Fsp3) is 0.345. The van der Waals surface area contributed by atoms with Gasteiger partial charge in [0.2, 0.25) is 5.91 Å². The Labute approximate surface area is 195 Å². The van der Waals surface area contributed by atoms with Crippen molar-refractivity contribution < 1.29 is 15.0 Å². The third kappa shape index (κ3) is 4.87. The van der Waals surface area contributed by atoms with Crippen molar-refractivity contribution in [2.75, 3.05) is 0 Å². The number of benzene rings is 3. The van der Waals surface area contributed by atoms with Gasteiger partial charge in [-0.05, 0) is 77.5 Å². The van der Waals surface area contributed by atoms with Gasteiger partial charge in [0.25, 0.3) is 0 Å². The summed E-state index contributed by atoms with van der Waals surface area (Å²) in [6.07, 6.45) is 3.82. The van der Waals surface area contributed by atoms with Gasteiger partial charge in [-0.1, -0.05) is 66.7 Å². The summed E-state index contributed by atoms with van der Waals surface area (Å²) in [7, 11) is 0. The van der Waals surface area contributed by atoms with Gasteiger partial charge in [0.15, 0.2) is 0 Å². The molecule has 170 valence electrons. The minimum absolute atomic E-state index is 0.0102. The molecule has 0 aliphatic heterocycles. The molecular weight excluding hydrogens is 410 g/mol. The van der Waals surface area contributed by atoms with Crippen LogP contribution in [0.15, 0.2) is 66.7 Å². The van der Waals surface area contributed by atoms with Gasteiger partial charge in [0.1, 0.15) is 0 Å². The van der Waals surface area contributed by atoms with Crippen LogP contribution in [0.4, 0.5) is 0 Å². The molecule has 2 aliphatic carbocycles.